The van der Waals surface area contributed by atoms with Crippen LogP contribution in [-0.4, -0.2) is 7.11 Å². The molecule has 0 bridgehead atoms. The maximum Gasteiger partial charge on any atom is 0.146 e. The number of rotatable bonds is 1. The number of thiophene rings is 1. The first kappa shape index (κ1) is 9.13. The van der Waals surface area contributed by atoms with Gasteiger partial charge in [-0.15, -0.1) is 11.3 Å². The molecular formula is C9H6Cl2OS. The molecule has 1 nitrogen and oxygen atoms in total. The molecule has 1 heterocycles. The third kappa shape index (κ3) is 1.39. The molecule has 0 aliphatic carbocycles. The predicted octanol–water partition coefficient (Wildman–Crippen LogP) is 4.22. The molecule has 0 N–H and O–H groups in total. The van der Waals surface area contributed by atoms with Gasteiger partial charge in [-0.3, -0.25) is 0 Å². The first-order valence-corrected chi connectivity index (χ1v) is 5.27. The van der Waals surface area contributed by atoms with Crippen LogP contribution in [0.1, 0.15) is 0 Å². The van der Waals surface area contributed by atoms with Crippen LogP contribution in [-0.2, 0) is 0 Å². The third-order valence-corrected chi connectivity index (χ3v) is 3.44. The summed E-state index contributed by atoms with van der Waals surface area (Å²) in [5.41, 5.74) is 0. The maximum atomic E-state index is 6.00. The summed E-state index contributed by atoms with van der Waals surface area (Å²) >= 11 is 13.5. The molecule has 13 heavy (non-hydrogen) atoms. The number of ether oxygens (including phenoxy) is 1. The highest BCUT2D eigenvalue weighted by molar-refractivity contribution is 7.18. The number of fused-ring (bicyclic) bond motifs is 1. The number of halogens is 2. The van der Waals surface area contributed by atoms with E-state index in [0.717, 1.165) is 10.1 Å². The van der Waals surface area contributed by atoms with Gasteiger partial charge in [0, 0.05) is 5.39 Å². The van der Waals surface area contributed by atoms with E-state index in [2.05, 4.69) is 0 Å². The Balaban J connectivity index is 2.88. The van der Waals surface area contributed by atoms with Crippen molar-refractivity contribution in [3.8, 4) is 5.75 Å². The highest BCUT2D eigenvalue weighted by Crippen LogP contribution is 2.40. The molecule has 1 aromatic carbocycles. The summed E-state index contributed by atoms with van der Waals surface area (Å²) in [4.78, 5) is 0. The average molecular weight is 233 g/mol. The Labute approximate surface area is 89.8 Å². The van der Waals surface area contributed by atoms with Crippen LogP contribution in [0.25, 0.3) is 10.1 Å². The Morgan fingerprint density at radius 1 is 1.31 bits per heavy atom. The predicted molar refractivity (Wildman–Crippen MR) is 58.4 cm³/mol. The van der Waals surface area contributed by atoms with Crippen molar-refractivity contribution in [1.29, 1.82) is 0 Å². The van der Waals surface area contributed by atoms with Gasteiger partial charge in [-0.05, 0) is 17.5 Å². The number of benzene rings is 1. The lowest BCUT2D eigenvalue weighted by molar-refractivity contribution is 0.420. The zero-order valence-electron chi connectivity index (χ0n) is 6.80. The van der Waals surface area contributed by atoms with Crippen molar-refractivity contribution < 1.29 is 4.74 Å². The lowest BCUT2D eigenvalue weighted by atomic mass is 10.2. The van der Waals surface area contributed by atoms with E-state index in [-0.39, 0.29) is 0 Å². The van der Waals surface area contributed by atoms with E-state index >= 15 is 0 Å². The largest absolute Gasteiger partial charge is 0.495 e. The van der Waals surface area contributed by atoms with Crippen LogP contribution >= 0.6 is 34.5 Å². The molecule has 0 unspecified atom stereocenters. The van der Waals surface area contributed by atoms with Crippen LogP contribution in [0.2, 0.25) is 10.0 Å². The first-order chi connectivity index (χ1) is 6.24. The first-order valence-electron chi connectivity index (χ1n) is 3.63. The Hall–Kier alpha value is -0.440. The van der Waals surface area contributed by atoms with Crippen molar-refractivity contribution in [3.05, 3.63) is 27.6 Å². The summed E-state index contributed by atoms with van der Waals surface area (Å²) in [5.74, 6) is 0.697. The van der Waals surface area contributed by atoms with Crippen LogP contribution in [0, 0.1) is 0 Å². The van der Waals surface area contributed by atoms with E-state index in [1.165, 1.54) is 0 Å². The summed E-state index contributed by atoms with van der Waals surface area (Å²) in [7, 11) is 1.60. The standard InChI is InChI=1S/C9H6Cl2OS/c1-12-8-5-2-3-13-9(5)7(11)4-6(8)10/h2-4H,1H3. The fourth-order valence-electron chi connectivity index (χ4n) is 1.25. The number of hydrogen-bond acceptors (Lipinski definition) is 2. The second-order valence-corrected chi connectivity index (χ2v) is 4.27. The van der Waals surface area contributed by atoms with Crippen LogP contribution in [0.15, 0.2) is 17.5 Å². The molecule has 0 fully saturated rings. The van der Waals surface area contributed by atoms with E-state index in [1.54, 1.807) is 24.5 Å². The van der Waals surface area contributed by atoms with Crippen molar-refractivity contribution >= 4 is 44.6 Å². The van der Waals surface area contributed by atoms with Gasteiger partial charge >= 0.3 is 0 Å². The highest BCUT2D eigenvalue weighted by atomic mass is 35.5. The molecule has 68 valence electrons. The fraction of sp³-hybridized carbons (Fsp3) is 0.111. The van der Waals surface area contributed by atoms with Gasteiger partial charge in [0.15, 0.2) is 0 Å². The van der Waals surface area contributed by atoms with Gasteiger partial charge in [-0.2, -0.15) is 0 Å². The minimum Gasteiger partial charge on any atom is -0.495 e. The minimum absolute atomic E-state index is 0.554. The third-order valence-electron chi connectivity index (χ3n) is 1.80. The Kier molecular flexibility index (Phi) is 2.37. The molecule has 0 amide bonds. The average Bonchev–Trinajstić information content (AvgIpc) is 2.53. The van der Waals surface area contributed by atoms with Crippen LogP contribution in [0.3, 0.4) is 0 Å². The van der Waals surface area contributed by atoms with E-state index in [1.807, 2.05) is 11.4 Å². The van der Waals surface area contributed by atoms with Crippen molar-refractivity contribution in [2.45, 2.75) is 0 Å². The summed E-state index contributed by atoms with van der Waals surface area (Å²) in [6.45, 7) is 0. The second-order valence-electron chi connectivity index (χ2n) is 2.54. The van der Waals surface area contributed by atoms with Crippen molar-refractivity contribution in [3.63, 3.8) is 0 Å². The zero-order valence-corrected chi connectivity index (χ0v) is 9.13. The molecule has 0 atom stereocenters. The summed E-state index contributed by atoms with van der Waals surface area (Å²) in [5, 5.41) is 4.18. The Bertz CT molecular complexity index is 450. The molecule has 4 heteroatoms. The van der Waals surface area contributed by atoms with Gasteiger partial charge in [0.2, 0.25) is 0 Å². The van der Waals surface area contributed by atoms with Gasteiger partial charge < -0.3 is 4.74 Å². The van der Waals surface area contributed by atoms with Gasteiger partial charge in [0.25, 0.3) is 0 Å². The Morgan fingerprint density at radius 3 is 2.77 bits per heavy atom. The summed E-state index contributed by atoms with van der Waals surface area (Å²) in [6, 6.07) is 3.66. The van der Waals surface area contributed by atoms with Crippen molar-refractivity contribution in [2.75, 3.05) is 7.11 Å². The molecule has 2 aromatic rings. The van der Waals surface area contributed by atoms with Crippen molar-refractivity contribution in [1.82, 2.24) is 0 Å². The van der Waals surface area contributed by atoms with Crippen LogP contribution in [0.4, 0.5) is 0 Å². The fourth-order valence-corrected chi connectivity index (χ4v) is 2.74. The van der Waals surface area contributed by atoms with Crippen molar-refractivity contribution in [2.24, 2.45) is 0 Å². The van der Waals surface area contributed by atoms with E-state index in [4.69, 9.17) is 27.9 Å². The van der Waals surface area contributed by atoms with Gasteiger partial charge in [0.05, 0.1) is 21.9 Å². The normalized spacial score (nSPS) is 10.7. The number of methoxy groups -OCH3 is 1. The summed E-state index contributed by atoms with van der Waals surface area (Å²) < 4.78 is 6.20. The molecule has 0 saturated carbocycles. The lowest BCUT2D eigenvalue weighted by Crippen LogP contribution is -1.84. The SMILES string of the molecule is COc1c(Cl)cc(Cl)c2sccc12. The minimum atomic E-state index is 0.554. The van der Waals surface area contributed by atoms with Gasteiger partial charge in [0.1, 0.15) is 5.75 Å². The van der Waals surface area contributed by atoms with Gasteiger partial charge in [-0.25, -0.2) is 0 Å². The molecule has 0 saturated heterocycles. The quantitative estimate of drug-likeness (QED) is 0.716. The highest BCUT2D eigenvalue weighted by Gasteiger charge is 2.10. The summed E-state index contributed by atoms with van der Waals surface area (Å²) in [6.07, 6.45) is 0. The van der Waals surface area contributed by atoms with Crippen LogP contribution in [0.5, 0.6) is 5.75 Å². The Morgan fingerprint density at radius 2 is 2.08 bits per heavy atom. The molecule has 2 rings (SSSR count). The van der Waals surface area contributed by atoms with E-state index in [9.17, 15) is 0 Å². The smallest absolute Gasteiger partial charge is 0.146 e. The van der Waals surface area contributed by atoms with E-state index < -0.39 is 0 Å². The van der Waals surface area contributed by atoms with Crippen LogP contribution < -0.4 is 4.74 Å². The molecular weight excluding hydrogens is 227 g/mol. The zero-order chi connectivity index (χ0) is 9.42. The van der Waals surface area contributed by atoms with Gasteiger partial charge in [-0.1, -0.05) is 23.2 Å². The molecule has 1 aromatic heterocycles. The molecule has 0 spiro atoms. The van der Waals surface area contributed by atoms with E-state index in [0.29, 0.717) is 15.8 Å². The second kappa shape index (κ2) is 3.37. The maximum absolute atomic E-state index is 6.00. The lowest BCUT2D eigenvalue weighted by Gasteiger charge is -2.05. The topological polar surface area (TPSA) is 9.23 Å². The number of hydrogen-bond donors (Lipinski definition) is 0. The molecule has 0 aliphatic heterocycles. The molecule has 0 aliphatic rings. The monoisotopic (exact) mass is 232 g/mol. The molecule has 0 radical (unpaired) electrons.